The molecule has 1 unspecified atom stereocenters. The number of hydrogen-bond donors (Lipinski definition) is 2. The molecule has 0 heterocycles. The van der Waals surface area contributed by atoms with Crippen molar-refractivity contribution < 1.29 is 9.90 Å². The summed E-state index contributed by atoms with van der Waals surface area (Å²) >= 11 is 0. The van der Waals surface area contributed by atoms with E-state index in [0.717, 1.165) is 13.1 Å². The van der Waals surface area contributed by atoms with Gasteiger partial charge in [-0.3, -0.25) is 4.90 Å². The summed E-state index contributed by atoms with van der Waals surface area (Å²) in [6.45, 7) is 10.9. The number of nitrogens with zero attached hydrogens (tertiary/aromatic N) is 2. The summed E-state index contributed by atoms with van der Waals surface area (Å²) < 4.78 is 0. The molecular formula is C12H27N3O2. The third-order valence-electron chi connectivity index (χ3n) is 2.70. The average Bonchev–Trinajstić information content (AvgIpc) is 2.22. The molecule has 0 aromatic heterocycles. The summed E-state index contributed by atoms with van der Waals surface area (Å²) in [5, 5.41) is 12.0. The molecule has 0 aromatic carbocycles. The SMILES string of the molecule is CCN(CCNC(=O)N(C)CC(C)O)C(C)C. The van der Waals surface area contributed by atoms with E-state index in [-0.39, 0.29) is 6.03 Å². The molecule has 0 saturated carbocycles. The van der Waals surface area contributed by atoms with Crippen LogP contribution in [0.3, 0.4) is 0 Å². The molecule has 0 bridgehead atoms. The summed E-state index contributed by atoms with van der Waals surface area (Å²) in [6.07, 6.45) is -0.492. The highest BCUT2D eigenvalue weighted by molar-refractivity contribution is 5.73. The van der Waals surface area contributed by atoms with Crippen molar-refractivity contribution in [3.05, 3.63) is 0 Å². The van der Waals surface area contributed by atoms with Gasteiger partial charge in [-0.05, 0) is 27.3 Å². The smallest absolute Gasteiger partial charge is 0.317 e. The Kier molecular flexibility index (Phi) is 7.91. The molecule has 0 aliphatic heterocycles. The van der Waals surface area contributed by atoms with Crippen molar-refractivity contribution in [3.63, 3.8) is 0 Å². The zero-order valence-electron chi connectivity index (χ0n) is 11.7. The maximum absolute atomic E-state index is 11.6. The third-order valence-corrected chi connectivity index (χ3v) is 2.70. The van der Waals surface area contributed by atoms with Gasteiger partial charge in [-0.1, -0.05) is 6.92 Å². The lowest BCUT2D eigenvalue weighted by molar-refractivity contribution is 0.143. The first kappa shape index (κ1) is 16.2. The predicted molar refractivity (Wildman–Crippen MR) is 70.1 cm³/mol. The van der Waals surface area contributed by atoms with Crippen molar-refractivity contribution in [3.8, 4) is 0 Å². The molecule has 0 rings (SSSR count). The van der Waals surface area contributed by atoms with E-state index >= 15 is 0 Å². The van der Waals surface area contributed by atoms with Gasteiger partial charge in [0.1, 0.15) is 0 Å². The Balaban J connectivity index is 3.84. The van der Waals surface area contributed by atoms with Gasteiger partial charge in [-0.2, -0.15) is 0 Å². The maximum Gasteiger partial charge on any atom is 0.317 e. The number of aliphatic hydroxyl groups is 1. The van der Waals surface area contributed by atoms with Gasteiger partial charge in [-0.15, -0.1) is 0 Å². The van der Waals surface area contributed by atoms with Crippen LogP contribution in [0.5, 0.6) is 0 Å². The molecule has 1 atom stereocenters. The minimum atomic E-state index is -0.492. The molecule has 2 N–H and O–H groups in total. The first-order valence-electron chi connectivity index (χ1n) is 6.29. The van der Waals surface area contributed by atoms with E-state index in [2.05, 4.69) is 31.0 Å². The van der Waals surface area contributed by atoms with Crippen LogP contribution in [0, 0.1) is 0 Å². The van der Waals surface area contributed by atoms with E-state index in [1.807, 2.05) is 0 Å². The number of carbonyl (C=O) groups excluding carboxylic acids is 1. The van der Waals surface area contributed by atoms with Crippen LogP contribution in [0.1, 0.15) is 27.7 Å². The Morgan fingerprint density at radius 2 is 1.94 bits per heavy atom. The van der Waals surface area contributed by atoms with E-state index < -0.39 is 6.10 Å². The largest absolute Gasteiger partial charge is 0.392 e. The molecule has 0 aliphatic carbocycles. The molecule has 5 nitrogen and oxygen atoms in total. The second-order valence-corrected chi connectivity index (χ2v) is 4.68. The molecule has 0 aromatic rings. The van der Waals surface area contributed by atoms with Crippen LogP contribution in [-0.4, -0.2) is 66.3 Å². The molecular weight excluding hydrogens is 218 g/mol. The zero-order valence-corrected chi connectivity index (χ0v) is 11.7. The van der Waals surface area contributed by atoms with Crippen LogP contribution in [0.15, 0.2) is 0 Å². The van der Waals surface area contributed by atoms with Crippen LogP contribution >= 0.6 is 0 Å². The Bertz CT molecular complexity index is 220. The highest BCUT2D eigenvalue weighted by Gasteiger charge is 2.11. The van der Waals surface area contributed by atoms with Gasteiger partial charge < -0.3 is 15.3 Å². The van der Waals surface area contributed by atoms with E-state index in [1.54, 1.807) is 14.0 Å². The van der Waals surface area contributed by atoms with E-state index in [4.69, 9.17) is 5.11 Å². The summed E-state index contributed by atoms with van der Waals surface area (Å²) in [5.74, 6) is 0. The number of hydrogen-bond acceptors (Lipinski definition) is 3. The van der Waals surface area contributed by atoms with E-state index in [0.29, 0.717) is 19.1 Å². The first-order chi connectivity index (χ1) is 7.88. The Hall–Kier alpha value is -0.810. The van der Waals surface area contributed by atoms with Crippen molar-refractivity contribution >= 4 is 6.03 Å². The van der Waals surface area contributed by atoms with Crippen LogP contribution in [0.2, 0.25) is 0 Å². The van der Waals surface area contributed by atoms with Crippen molar-refractivity contribution in [2.24, 2.45) is 0 Å². The molecule has 2 amide bonds. The normalized spacial score (nSPS) is 12.9. The standard InChI is InChI=1S/C12H27N3O2/c1-6-15(10(2)3)8-7-13-12(17)14(5)9-11(4)16/h10-11,16H,6-9H2,1-5H3,(H,13,17). The summed E-state index contributed by atoms with van der Waals surface area (Å²) in [5.41, 5.74) is 0. The van der Waals surface area contributed by atoms with Crippen LogP contribution in [-0.2, 0) is 0 Å². The fourth-order valence-electron chi connectivity index (χ4n) is 1.70. The van der Waals surface area contributed by atoms with Crippen LogP contribution in [0.25, 0.3) is 0 Å². The third kappa shape index (κ3) is 7.18. The van der Waals surface area contributed by atoms with Gasteiger partial charge in [-0.25, -0.2) is 4.79 Å². The Morgan fingerprint density at radius 3 is 2.35 bits per heavy atom. The highest BCUT2D eigenvalue weighted by atomic mass is 16.3. The number of likely N-dealkylation sites (N-methyl/N-ethyl adjacent to an activating group) is 2. The first-order valence-corrected chi connectivity index (χ1v) is 6.29. The lowest BCUT2D eigenvalue weighted by atomic mass is 10.3. The average molecular weight is 245 g/mol. The summed E-state index contributed by atoms with van der Waals surface area (Å²) in [4.78, 5) is 15.4. The van der Waals surface area contributed by atoms with Gasteiger partial charge in [0.2, 0.25) is 0 Å². The number of carbonyl (C=O) groups is 1. The Morgan fingerprint density at radius 1 is 1.35 bits per heavy atom. The topological polar surface area (TPSA) is 55.8 Å². The fourth-order valence-corrected chi connectivity index (χ4v) is 1.70. The minimum Gasteiger partial charge on any atom is -0.392 e. The second-order valence-electron chi connectivity index (χ2n) is 4.68. The van der Waals surface area contributed by atoms with Gasteiger partial charge in [0.25, 0.3) is 0 Å². The number of nitrogens with one attached hydrogen (secondary N) is 1. The van der Waals surface area contributed by atoms with Gasteiger partial charge in [0.15, 0.2) is 0 Å². The fraction of sp³-hybridized carbons (Fsp3) is 0.917. The van der Waals surface area contributed by atoms with E-state index in [1.165, 1.54) is 4.90 Å². The van der Waals surface area contributed by atoms with Gasteiger partial charge in [0.05, 0.1) is 6.10 Å². The van der Waals surface area contributed by atoms with Crippen LogP contribution < -0.4 is 5.32 Å². The zero-order chi connectivity index (χ0) is 13.4. The van der Waals surface area contributed by atoms with Crippen molar-refractivity contribution in [1.29, 1.82) is 0 Å². The number of aliphatic hydroxyl groups excluding tert-OH is 1. The lowest BCUT2D eigenvalue weighted by Gasteiger charge is -2.25. The maximum atomic E-state index is 11.6. The summed E-state index contributed by atoms with van der Waals surface area (Å²) in [6, 6.07) is 0.359. The molecule has 0 spiro atoms. The van der Waals surface area contributed by atoms with E-state index in [9.17, 15) is 4.79 Å². The highest BCUT2D eigenvalue weighted by Crippen LogP contribution is 1.95. The molecule has 0 fully saturated rings. The van der Waals surface area contributed by atoms with Gasteiger partial charge >= 0.3 is 6.03 Å². The second kappa shape index (κ2) is 8.31. The predicted octanol–water partition coefficient (Wildman–Crippen LogP) is 0.739. The number of rotatable bonds is 7. The number of urea groups is 1. The van der Waals surface area contributed by atoms with Crippen molar-refractivity contribution in [1.82, 2.24) is 15.1 Å². The summed E-state index contributed by atoms with van der Waals surface area (Å²) in [7, 11) is 1.68. The monoisotopic (exact) mass is 245 g/mol. The molecule has 5 heteroatoms. The minimum absolute atomic E-state index is 0.134. The number of amides is 2. The molecule has 17 heavy (non-hydrogen) atoms. The lowest BCUT2D eigenvalue weighted by Crippen LogP contribution is -2.44. The van der Waals surface area contributed by atoms with Crippen LogP contribution in [0.4, 0.5) is 4.79 Å². The van der Waals surface area contributed by atoms with Gasteiger partial charge in [0, 0.05) is 32.7 Å². The quantitative estimate of drug-likeness (QED) is 0.695. The molecule has 102 valence electrons. The van der Waals surface area contributed by atoms with Crippen molar-refractivity contribution in [2.75, 3.05) is 33.2 Å². The molecule has 0 saturated heterocycles. The Labute approximate surface area is 105 Å². The molecule has 0 radical (unpaired) electrons. The van der Waals surface area contributed by atoms with Crippen molar-refractivity contribution in [2.45, 2.75) is 39.8 Å². The molecule has 0 aliphatic rings.